The molecule has 0 saturated carbocycles. The molecule has 20 heavy (non-hydrogen) atoms. The van der Waals surface area contributed by atoms with E-state index in [1.54, 1.807) is 0 Å². The van der Waals surface area contributed by atoms with Crippen LogP contribution in [0.5, 0.6) is 5.75 Å². The van der Waals surface area contributed by atoms with E-state index in [0.29, 0.717) is 11.1 Å². The summed E-state index contributed by atoms with van der Waals surface area (Å²) in [5.41, 5.74) is 3.68. The second-order valence-electron chi connectivity index (χ2n) is 5.02. The number of aryl methyl sites for hydroxylation is 2. The lowest BCUT2D eigenvalue weighted by molar-refractivity contribution is 0.103. The molecule has 0 atom stereocenters. The minimum atomic E-state index is -0.460. The quantitative estimate of drug-likeness (QED) is 0.797. The van der Waals surface area contributed by atoms with Gasteiger partial charge in [0.05, 0.1) is 7.11 Å². The molecular formula is C17H15FO2. The second kappa shape index (κ2) is 5.08. The van der Waals surface area contributed by atoms with E-state index in [1.807, 2.05) is 18.2 Å². The van der Waals surface area contributed by atoms with E-state index >= 15 is 0 Å². The molecule has 1 aliphatic rings. The van der Waals surface area contributed by atoms with Crippen LogP contribution in [-0.2, 0) is 12.8 Å². The Hall–Kier alpha value is -2.16. The number of ether oxygens (including phenoxy) is 1. The number of fused-ring (bicyclic) bond motifs is 1. The monoisotopic (exact) mass is 270 g/mol. The number of hydrogen-bond acceptors (Lipinski definition) is 2. The maximum atomic E-state index is 13.4. The number of halogens is 1. The fourth-order valence-electron chi connectivity index (χ4n) is 2.68. The molecule has 0 N–H and O–H groups in total. The van der Waals surface area contributed by atoms with E-state index in [-0.39, 0.29) is 11.5 Å². The number of methoxy groups -OCH3 is 1. The molecule has 0 fully saturated rings. The highest BCUT2D eigenvalue weighted by Crippen LogP contribution is 2.25. The fraction of sp³-hybridized carbons (Fsp3) is 0.235. The summed E-state index contributed by atoms with van der Waals surface area (Å²) in [6.45, 7) is 0. The Morgan fingerprint density at radius 1 is 1.05 bits per heavy atom. The Morgan fingerprint density at radius 3 is 2.55 bits per heavy atom. The van der Waals surface area contributed by atoms with Crippen molar-refractivity contribution in [3.05, 3.63) is 64.5 Å². The SMILES string of the molecule is COc1cc(C(=O)c2ccc3c(c2)CCC3)ccc1F. The minimum Gasteiger partial charge on any atom is -0.494 e. The smallest absolute Gasteiger partial charge is 0.193 e. The van der Waals surface area contributed by atoms with E-state index in [2.05, 4.69) is 0 Å². The largest absolute Gasteiger partial charge is 0.494 e. The van der Waals surface area contributed by atoms with Gasteiger partial charge in [-0.25, -0.2) is 4.39 Å². The summed E-state index contributed by atoms with van der Waals surface area (Å²) in [4.78, 5) is 12.4. The van der Waals surface area contributed by atoms with Crippen molar-refractivity contribution in [3.8, 4) is 5.75 Å². The van der Waals surface area contributed by atoms with Crippen LogP contribution in [0, 0.1) is 5.82 Å². The molecule has 2 aromatic rings. The predicted octanol–water partition coefficient (Wildman–Crippen LogP) is 3.55. The van der Waals surface area contributed by atoms with E-state index in [4.69, 9.17) is 4.74 Å². The summed E-state index contributed by atoms with van der Waals surface area (Å²) in [5, 5.41) is 0. The van der Waals surface area contributed by atoms with Crippen molar-refractivity contribution in [2.24, 2.45) is 0 Å². The van der Waals surface area contributed by atoms with Crippen LogP contribution in [0.3, 0.4) is 0 Å². The summed E-state index contributed by atoms with van der Waals surface area (Å²) in [5.74, 6) is -0.465. The summed E-state index contributed by atoms with van der Waals surface area (Å²) >= 11 is 0. The molecule has 0 heterocycles. The maximum absolute atomic E-state index is 13.4. The van der Waals surface area contributed by atoms with Gasteiger partial charge < -0.3 is 4.74 Å². The highest BCUT2D eigenvalue weighted by molar-refractivity contribution is 6.09. The predicted molar refractivity (Wildman–Crippen MR) is 74.9 cm³/mol. The Balaban J connectivity index is 1.96. The number of ketones is 1. The summed E-state index contributed by atoms with van der Waals surface area (Å²) in [6.07, 6.45) is 3.27. The number of carbonyl (C=O) groups excluding carboxylic acids is 1. The average Bonchev–Trinajstić information content (AvgIpc) is 2.94. The molecule has 3 rings (SSSR count). The summed E-state index contributed by atoms with van der Waals surface area (Å²) < 4.78 is 18.3. The van der Waals surface area contributed by atoms with Crippen LogP contribution in [0.2, 0.25) is 0 Å². The molecule has 0 aliphatic heterocycles. The Kier molecular flexibility index (Phi) is 3.26. The van der Waals surface area contributed by atoms with E-state index in [0.717, 1.165) is 19.3 Å². The molecule has 2 aromatic carbocycles. The summed E-state index contributed by atoms with van der Waals surface area (Å²) in [6, 6.07) is 10.0. The molecule has 2 nitrogen and oxygen atoms in total. The first kappa shape index (κ1) is 12.9. The number of benzene rings is 2. The summed E-state index contributed by atoms with van der Waals surface area (Å²) in [7, 11) is 1.39. The maximum Gasteiger partial charge on any atom is 0.193 e. The standard InChI is InChI=1S/C17H15FO2/c1-20-16-10-14(7-8-15(16)18)17(19)13-6-5-11-3-2-4-12(11)9-13/h5-10H,2-4H2,1H3. The first-order valence-electron chi connectivity index (χ1n) is 6.69. The van der Waals surface area contributed by atoms with Crippen molar-refractivity contribution in [2.45, 2.75) is 19.3 Å². The molecule has 0 unspecified atom stereocenters. The van der Waals surface area contributed by atoms with E-state index in [1.165, 1.54) is 36.4 Å². The second-order valence-corrected chi connectivity index (χ2v) is 5.02. The van der Waals surface area contributed by atoms with E-state index < -0.39 is 5.82 Å². The van der Waals surface area contributed by atoms with Crippen LogP contribution in [0.4, 0.5) is 4.39 Å². The van der Waals surface area contributed by atoms with Crippen LogP contribution < -0.4 is 4.74 Å². The Morgan fingerprint density at radius 2 is 1.75 bits per heavy atom. The zero-order chi connectivity index (χ0) is 14.1. The molecule has 0 saturated heterocycles. The van der Waals surface area contributed by atoms with Gasteiger partial charge in [-0.3, -0.25) is 4.79 Å². The highest BCUT2D eigenvalue weighted by Gasteiger charge is 2.16. The average molecular weight is 270 g/mol. The van der Waals surface area contributed by atoms with Crippen molar-refractivity contribution in [2.75, 3.05) is 7.11 Å². The molecule has 0 spiro atoms. The van der Waals surface area contributed by atoms with Gasteiger partial charge in [0.15, 0.2) is 17.3 Å². The first-order chi connectivity index (χ1) is 9.69. The van der Waals surface area contributed by atoms with Gasteiger partial charge >= 0.3 is 0 Å². The lowest BCUT2D eigenvalue weighted by Gasteiger charge is -2.07. The van der Waals surface area contributed by atoms with Gasteiger partial charge in [-0.15, -0.1) is 0 Å². The number of hydrogen-bond donors (Lipinski definition) is 0. The van der Waals surface area contributed by atoms with Gasteiger partial charge in [0.2, 0.25) is 0 Å². The molecule has 102 valence electrons. The lowest BCUT2D eigenvalue weighted by Crippen LogP contribution is -2.03. The van der Waals surface area contributed by atoms with Crippen LogP contribution in [0.15, 0.2) is 36.4 Å². The minimum absolute atomic E-state index is 0.0945. The number of rotatable bonds is 3. The number of carbonyl (C=O) groups is 1. The van der Waals surface area contributed by atoms with Crippen LogP contribution >= 0.6 is 0 Å². The van der Waals surface area contributed by atoms with Crippen molar-refractivity contribution in [1.29, 1.82) is 0 Å². The van der Waals surface area contributed by atoms with Crippen molar-refractivity contribution in [1.82, 2.24) is 0 Å². The third-order valence-corrected chi connectivity index (χ3v) is 3.77. The molecule has 0 amide bonds. The van der Waals surface area contributed by atoms with Gasteiger partial charge in [-0.1, -0.05) is 12.1 Å². The van der Waals surface area contributed by atoms with Crippen molar-refractivity contribution in [3.63, 3.8) is 0 Å². The van der Waals surface area contributed by atoms with Gasteiger partial charge in [0.25, 0.3) is 0 Å². The zero-order valence-corrected chi connectivity index (χ0v) is 11.3. The molecule has 0 bridgehead atoms. The van der Waals surface area contributed by atoms with Crippen molar-refractivity contribution >= 4 is 5.78 Å². The van der Waals surface area contributed by atoms with Crippen LogP contribution in [0.25, 0.3) is 0 Å². The van der Waals surface area contributed by atoms with Gasteiger partial charge in [-0.05, 0) is 54.7 Å². The third-order valence-electron chi connectivity index (χ3n) is 3.77. The topological polar surface area (TPSA) is 26.3 Å². The Bertz CT molecular complexity index is 664. The molecule has 0 aromatic heterocycles. The van der Waals surface area contributed by atoms with Gasteiger partial charge in [0, 0.05) is 11.1 Å². The lowest BCUT2D eigenvalue weighted by atomic mass is 9.99. The van der Waals surface area contributed by atoms with Gasteiger partial charge in [-0.2, -0.15) is 0 Å². The molecule has 0 radical (unpaired) electrons. The fourth-order valence-corrected chi connectivity index (χ4v) is 2.68. The van der Waals surface area contributed by atoms with Gasteiger partial charge in [0.1, 0.15) is 0 Å². The molecular weight excluding hydrogens is 255 g/mol. The highest BCUT2D eigenvalue weighted by atomic mass is 19.1. The van der Waals surface area contributed by atoms with E-state index in [9.17, 15) is 9.18 Å². The van der Waals surface area contributed by atoms with Crippen LogP contribution in [-0.4, -0.2) is 12.9 Å². The normalized spacial score (nSPS) is 13.1. The van der Waals surface area contributed by atoms with Crippen LogP contribution in [0.1, 0.15) is 33.5 Å². The third kappa shape index (κ3) is 2.20. The first-order valence-corrected chi connectivity index (χ1v) is 6.69. The zero-order valence-electron chi connectivity index (χ0n) is 11.3. The Labute approximate surface area is 117 Å². The molecule has 1 aliphatic carbocycles. The molecule has 3 heteroatoms. The van der Waals surface area contributed by atoms with Crippen molar-refractivity contribution < 1.29 is 13.9 Å².